The summed E-state index contributed by atoms with van der Waals surface area (Å²) in [5, 5.41) is 2.27. The lowest BCUT2D eigenvalue weighted by Gasteiger charge is -2.27. The Morgan fingerprint density at radius 3 is 2.05 bits per heavy atom. The lowest BCUT2D eigenvalue weighted by molar-refractivity contribution is 0.149. The Balaban J connectivity index is 2.11. The highest BCUT2D eigenvalue weighted by atomic mass is 16.5. The molecule has 5 nitrogen and oxygen atoms in total. The van der Waals surface area contributed by atoms with E-state index in [0.29, 0.717) is 6.54 Å². The summed E-state index contributed by atoms with van der Waals surface area (Å²) >= 11 is 0. The monoisotopic (exact) mass is 280 g/mol. The van der Waals surface area contributed by atoms with E-state index in [1.54, 1.807) is 21.3 Å². The molecule has 2 rings (SSSR count). The van der Waals surface area contributed by atoms with Gasteiger partial charge >= 0.3 is 0 Å². The Kier molecular flexibility index (Phi) is 5.49. The van der Waals surface area contributed by atoms with Crippen molar-refractivity contribution in [2.24, 2.45) is 0 Å². The van der Waals surface area contributed by atoms with Gasteiger partial charge in [-0.15, -0.1) is 0 Å². The van der Waals surface area contributed by atoms with Crippen molar-refractivity contribution in [3.8, 4) is 17.2 Å². The van der Waals surface area contributed by atoms with Crippen LogP contribution < -0.4 is 19.6 Å². The zero-order valence-corrected chi connectivity index (χ0v) is 12.6. The van der Waals surface area contributed by atoms with Crippen LogP contribution in [0.1, 0.15) is 24.8 Å². The Labute approximate surface area is 120 Å². The van der Waals surface area contributed by atoms with Gasteiger partial charge in [-0.25, -0.2) is 5.01 Å². The van der Waals surface area contributed by atoms with Crippen LogP contribution >= 0.6 is 0 Å². The van der Waals surface area contributed by atoms with Crippen LogP contribution in [0.4, 0.5) is 0 Å². The Bertz CT molecular complexity index is 406. The number of rotatable bonds is 6. The first-order valence-corrected chi connectivity index (χ1v) is 7.05. The second-order valence-electron chi connectivity index (χ2n) is 4.89. The molecule has 1 heterocycles. The predicted octanol–water partition coefficient (Wildman–Crippen LogP) is 2.20. The SMILES string of the molecule is COc1cc(OC)c(CNN2CCCCC2)c(OC)c1. The maximum atomic E-state index is 5.45. The van der Waals surface area contributed by atoms with E-state index in [1.165, 1.54) is 19.3 Å². The lowest BCUT2D eigenvalue weighted by Crippen LogP contribution is -2.41. The quantitative estimate of drug-likeness (QED) is 0.865. The summed E-state index contributed by atoms with van der Waals surface area (Å²) in [6.07, 6.45) is 3.83. The van der Waals surface area contributed by atoms with E-state index in [2.05, 4.69) is 10.4 Å². The highest BCUT2D eigenvalue weighted by Gasteiger charge is 2.15. The fourth-order valence-corrected chi connectivity index (χ4v) is 2.49. The van der Waals surface area contributed by atoms with Crippen LogP contribution in [-0.2, 0) is 6.54 Å². The van der Waals surface area contributed by atoms with E-state index >= 15 is 0 Å². The standard InChI is InChI=1S/C15H24N2O3/c1-18-12-9-14(19-2)13(15(10-12)20-3)11-16-17-7-5-4-6-8-17/h9-10,16H,4-8,11H2,1-3H3. The molecule has 0 aliphatic carbocycles. The van der Waals surface area contributed by atoms with Crippen LogP contribution in [0.5, 0.6) is 17.2 Å². The molecule has 0 spiro atoms. The number of hydrazine groups is 1. The van der Waals surface area contributed by atoms with E-state index in [9.17, 15) is 0 Å². The summed E-state index contributed by atoms with van der Waals surface area (Å²) in [5.41, 5.74) is 4.47. The molecule has 1 aliphatic rings. The first-order chi connectivity index (χ1) is 9.78. The molecule has 20 heavy (non-hydrogen) atoms. The van der Waals surface area contributed by atoms with E-state index < -0.39 is 0 Å². The largest absolute Gasteiger partial charge is 0.496 e. The Hall–Kier alpha value is -1.46. The molecule has 112 valence electrons. The molecule has 5 heteroatoms. The maximum Gasteiger partial charge on any atom is 0.130 e. The van der Waals surface area contributed by atoms with Crippen molar-refractivity contribution in [1.29, 1.82) is 0 Å². The summed E-state index contributed by atoms with van der Waals surface area (Å²) in [7, 11) is 4.97. The van der Waals surface area contributed by atoms with Crippen molar-refractivity contribution in [2.45, 2.75) is 25.8 Å². The normalized spacial score (nSPS) is 15.9. The molecular formula is C15H24N2O3. The molecule has 0 unspecified atom stereocenters. The molecule has 1 aromatic carbocycles. The molecule has 0 bridgehead atoms. The highest BCUT2D eigenvalue weighted by Crippen LogP contribution is 2.33. The third-order valence-corrected chi connectivity index (χ3v) is 3.65. The number of piperidine rings is 1. The molecule has 0 amide bonds. The summed E-state index contributed by atoms with van der Waals surface area (Å²) in [5.74, 6) is 2.30. The van der Waals surface area contributed by atoms with Crippen LogP contribution in [-0.4, -0.2) is 39.4 Å². The van der Waals surface area contributed by atoms with E-state index in [0.717, 1.165) is 35.9 Å². The molecular weight excluding hydrogens is 256 g/mol. The highest BCUT2D eigenvalue weighted by molar-refractivity contribution is 5.50. The topological polar surface area (TPSA) is 43.0 Å². The van der Waals surface area contributed by atoms with Gasteiger partial charge in [0.2, 0.25) is 0 Å². The van der Waals surface area contributed by atoms with Crippen molar-refractivity contribution in [1.82, 2.24) is 10.4 Å². The fourth-order valence-electron chi connectivity index (χ4n) is 2.49. The van der Waals surface area contributed by atoms with Crippen LogP contribution in [0.2, 0.25) is 0 Å². The van der Waals surface area contributed by atoms with Crippen LogP contribution in [0.25, 0.3) is 0 Å². The number of hydrogen-bond acceptors (Lipinski definition) is 5. The lowest BCUT2D eigenvalue weighted by atomic mass is 10.1. The molecule has 0 aromatic heterocycles. The summed E-state index contributed by atoms with van der Waals surface area (Å²) < 4.78 is 16.2. The van der Waals surface area contributed by atoms with Gasteiger partial charge in [-0.05, 0) is 12.8 Å². The molecule has 1 saturated heterocycles. The van der Waals surface area contributed by atoms with Gasteiger partial charge < -0.3 is 14.2 Å². The third-order valence-electron chi connectivity index (χ3n) is 3.65. The van der Waals surface area contributed by atoms with Gasteiger partial charge in [-0.1, -0.05) is 6.42 Å². The molecule has 1 fully saturated rings. The minimum atomic E-state index is 0.691. The number of hydrogen-bond donors (Lipinski definition) is 1. The first-order valence-electron chi connectivity index (χ1n) is 7.05. The van der Waals surface area contributed by atoms with Gasteiger partial charge in [0.25, 0.3) is 0 Å². The van der Waals surface area contributed by atoms with Crippen LogP contribution in [0.15, 0.2) is 12.1 Å². The molecule has 0 saturated carbocycles. The van der Waals surface area contributed by atoms with Gasteiger partial charge in [-0.3, -0.25) is 5.43 Å². The second kappa shape index (κ2) is 7.36. The zero-order valence-electron chi connectivity index (χ0n) is 12.6. The van der Waals surface area contributed by atoms with Crippen molar-refractivity contribution in [2.75, 3.05) is 34.4 Å². The molecule has 1 aliphatic heterocycles. The first kappa shape index (κ1) is 14.9. The molecule has 0 radical (unpaired) electrons. The number of nitrogens with zero attached hydrogens (tertiary/aromatic N) is 1. The van der Waals surface area contributed by atoms with Crippen molar-refractivity contribution < 1.29 is 14.2 Å². The summed E-state index contributed by atoms with van der Waals surface area (Å²) in [6.45, 7) is 2.89. The Morgan fingerprint density at radius 1 is 0.950 bits per heavy atom. The minimum absolute atomic E-state index is 0.691. The predicted molar refractivity (Wildman–Crippen MR) is 78.4 cm³/mol. The van der Waals surface area contributed by atoms with Gasteiger partial charge in [0.1, 0.15) is 17.2 Å². The van der Waals surface area contributed by atoms with Gasteiger partial charge in [0, 0.05) is 31.8 Å². The second-order valence-corrected chi connectivity index (χ2v) is 4.89. The number of methoxy groups -OCH3 is 3. The van der Waals surface area contributed by atoms with Crippen molar-refractivity contribution in [3.63, 3.8) is 0 Å². The number of benzene rings is 1. The van der Waals surface area contributed by atoms with E-state index in [1.807, 2.05) is 12.1 Å². The number of nitrogens with one attached hydrogen (secondary N) is 1. The smallest absolute Gasteiger partial charge is 0.130 e. The zero-order chi connectivity index (χ0) is 14.4. The average molecular weight is 280 g/mol. The van der Waals surface area contributed by atoms with Gasteiger partial charge in [0.15, 0.2) is 0 Å². The summed E-state index contributed by atoms with van der Waals surface area (Å²) in [6, 6.07) is 3.77. The maximum absolute atomic E-state index is 5.45. The molecule has 1 aromatic rings. The summed E-state index contributed by atoms with van der Waals surface area (Å²) in [4.78, 5) is 0. The number of ether oxygens (including phenoxy) is 3. The average Bonchev–Trinajstić information content (AvgIpc) is 2.52. The molecule has 1 N–H and O–H groups in total. The van der Waals surface area contributed by atoms with E-state index in [-0.39, 0.29) is 0 Å². The Morgan fingerprint density at radius 2 is 1.55 bits per heavy atom. The van der Waals surface area contributed by atoms with Gasteiger partial charge in [-0.2, -0.15) is 0 Å². The van der Waals surface area contributed by atoms with E-state index in [4.69, 9.17) is 14.2 Å². The van der Waals surface area contributed by atoms with Crippen molar-refractivity contribution >= 4 is 0 Å². The molecule has 0 atom stereocenters. The van der Waals surface area contributed by atoms with Crippen LogP contribution in [0.3, 0.4) is 0 Å². The van der Waals surface area contributed by atoms with Gasteiger partial charge in [0.05, 0.1) is 26.9 Å². The minimum Gasteiger partial charge on any atom is -0.496 e. The van der Waals surface area contributed by atoms with Crippen molar-refractivity contribution in [3.05, 3.63) is 17.7 Å². The third kappa shape index (κ3) is 3.55. The van der Waals surface area contributed by atoms with Crippen LogP contribution in [0, 0.1) is 0 Å². The fraction of sp³-hybridized carbons (Fsp3) is 0.600.